The molecule has 75 heavy (non-hydrogen) atoms. The minimum atomic E-state index is -0.848. The number of nitrogens with zero attached hydrogens (tertiary/aromatic N) is 3. The molecule has 14 nitrogen and oxygen atoms in total. The Bertz CT molecular complexity index is 1380. The predicted octanol–water partition coefficient (Wildman–Crippen LogP) is 12.3. The highest BCUT2D eigenvalue weighted by molar-refractivity contribution is 5.88. The van der Waals surface area contributed by atoms with Crippen LogP contribution in [0.25, 0.3) is 0 Å². The second-order valence-electron chi connectivity index (χ2n) is 22.1. The maximum Gasteiger partial charge on any atom is 0.326 e. The highest BCUT2D eigenvalue weighted by atomic mass is 16.4. The standard InChI is InChI=1S/2C22H43N3O2.C17H31NO3/c2*1-2-3-4-5-6-7-8-10-16-21(26)25-19-14-11-15-20(25)22(27)24-18-13-9-12-17-23;1-2-3-4-5-6-7-8-9-13-16(19)18-14-11-10-12-15(18)17(20)21/h2*20H,2-19,23H2,1H3,(H,24,27);15H,2-14H2,1H3,(H,20,21)/t2*20-;15-/m101/s1. The number of carbonyl (C=O) groups is 6. The molecule has 438 valence electrons. The van der Waals surface area contributed by atoms with Gasteiger partial charge in [-0.3, -0.25) is 24.0 Å². The first kappa shape index (κ1) is 69.8. The minimum Gasteiger partial charge on any atom is -0.480 e. The number of nitrogens with one attached hydrogen (secondary N) is 2. The summed E-state index contributed by atoms with van der Waals surface area (Å²) in [4.78, 5) is 78.9. The summed E-state index contributed by atoms with van der Waals surface area (Å²) < 4.78 is 0. The van der Waals surface area contributed by atoms with E-state index >= 15 is 0 Å². The number of likely N-dealkylation sites (tertiary alicyclic amines) is 3. The lowest BCUT2D eigenvalue weighted by Gasteiger charge is -2.35. The van der Waals surface area contributed by atoms with E-state index in [0.717, 1.165) is 142 Å². The van der Waals surface area contributed by atoms with Gasteiger partial charge in [0.25, 0.3) is 0 Å². The number of carboxylic acid groups (broad SMARTS) is 1. The van der Waals surface area contributed by atoms with Gasteiger partial charge >= 0.3 is 5.97 Å². The molecular formula is C61H117N7O7. The van der Waals surface area contributed by atoms with E-state index in [1.807, 2.05) is 9.80 Å². The Labute approximate surface area is 458 Å². The topological polar surface area (TPSA) is 208 Å². The summed E-state index contributed by atoms with van der Waals surface area (Å²) in [5, 5.41) is 15.2. The SMILES string of the molecule is CCCCCCCCCCC(=O)N1CCCC[C@@H]1C(=O)NCCCCCN.CCCCCCCCCCC(=O)N1CCCC[C@@H]1C(=O)O.CCCCCCCCCCC(=O)N1CCCC[C@H]1C(=O)NCCCCCN. The fourth-order valence-corrected chi connectivity index (χ4v) is 10.7. The van der Waals surface area contributed by atoms with Crippen LogP contribution in [0.3, 0.4) is 0 Å². The minimum absolute atomic E-state index is 0.0340. The number of carboxylic acids is 1. The number of amides is 5. The Kier molecular flexibility index (Phi) is 45.6. The van der Waals surface area contributed by atoms with Gasteiger partial charge in [0.2, 0.25) is 29.5 Å². The van der Waals surface area contributed by atoms with Crippen molar-refractivity contribution in [2.45, 2.75) is 309 Å². The normalized spacial score (nSPS) is 17.6. The van der Waals surface area contributed by atoms with Crippen LogP contribution >= 0.6 is 0 Å². The summed E-state index contributed by atoms with van der Waals surface area (Å²) in [5.74, 6) is -0.404. The van der Waals surface area contributed by atoms with Gasteiger partial charge in [-0.15, -0.1) is 0 Å². The number of piperidine rings is 3. The summed E-state index contributed by atoms with van der Waals surface area (Å²) in [6.45, 7) is 11.6. The van der Waals surface area contributed by atoms with Crippen LogP contribution in [0.5, 0.6) is 0 Å². The number of unbranched alkanes of at least 4 members (excludes halogenated alkanes) is 25. The van der Waals surface area contributed by atoms with Crippen LogP contribution in [0.2, 0.25) is 0 Å². The molecule has 3 aliphatic heterocycles. The third-order valence-electron chi connectivity index (χ3n) is 15.5. The van der Waals surface area contributed by atoms with Crippen molar-refractivity contribution in [2.75, 3.05) is 45.8 Å². The van der Waals surface area contributed by atoms with Crippen molar-refractivity contribution < 1.29 is 33.9 Å². The van der Waals surface area contributed by atoms with Crippen LogP contribution in [0, 0.1) is 0 Å². The van der Waals surface area contributed by atoms with Crippen LogP contribution in [-0.2, 0) is 28.8 Å². The van der Waals surface area contributed by atoms with Crippen LogP contribution in [-0.4, -0.2) is 119 Å². The molecule has 0 aliphatic carbocycles. The van der Waals surface area contributed by atoms with E-state index in [9.17, 15) is 33.9 Å². The average molecular weight is 1060 g/mol. The molecule has 0 saturated carbocycles. The lowest BCUT2D eigenvalue weighted by Crippen LogP contribution is -2.52. The number of aliphatic carboxylic acids is 1. The van der Waals surface area contributed by atoms with Crippen LogP contribution in [0.1, 0.15) is 290 Å². The maximum absolute atomic E-state index is 12.6. The molecule has 0 aromatic rings. The van der Waals surface area contributed by atoms with Gasteiger partial charge in [-0.2, -0.15) is 0 Å². The Morgan fingerprint density at radius 1 is 0.373 bits per heavy atom. The molecule has 0 unspecified atom stereocenters. The summed E-state index contributed by atoms with van der Waals surface area (Å²) in [5.41, 5.74) is 11.0. The molecule has 0 radical (unpaired) electrons. The molecule has 3 atom stereocenters. The van der Waals surface area contributed by atoms with Gasteiger partial charge in [0.05, 0.1) is 0 Å². The quantitative estimate of drug-likeness (QED) is 0.0369. The number of nitrogens with two attached hydrogens (primary N) is 2. The molecule has 3 aliphatic rings. The van der Waals surface area contributed by atoms with Gasteiger partial charge < -0.3 is 41.9 Å². The lowest BCUT2D eigenvalue weighted by atomic mass is 10.00. The number of hydrogen-bond acceptors (Lipinski definition) is 8. The molecule has 0 aromatic carbocycles. The van der Waals surface area contributed by atoms with Gasteiger partial charge in [0.15, 0.2) is 0 Å². The van der Waals surface area contributed by atoms with Crippen LogP contribution in [0.15, 0.2) is 0 Å². The fourth-order valence-electron chi connectivity index (χ4n) is 10.7. The first-order valence-corrected chi connectivity index (χ1v) is 31.6. The summed E-state index contributed by atoms with van der Waals surface area (Å²) in [6.07, 6.45) is 45.3. The lowest BCUT2D eigenvalue weighted by molar-refractivity contribution is -0.152. The zero-order valence-corrected chi connectivity index (χ0v) is 48.8. The van der Waals surface area contributed by atoms with E-state index in [2.05, 4.69) is 31.4 Å². The largest absolute Gasteiger partial charge is 0.480 e. The number of carbonyl (C=O) groups excluding carboxylic acids is 5. The van der Waals surface area contributed by atoms with Gasteiger partial charge in [-0.25, -0.2) is 4.79 Å². The number of rotatable bonds is 40. The van der Waals surface area contributed by atoms with Crippen LogP contribution in [0.4, 0.5) is 0 Å². The van der Waals surface area contributed by atoms with Crippen molar-refractivity contribution in [3.8, 4) is 0 Å². The van der Waals surface area contributed by atoms with Crippen molar-refractivity contribution in [1.82, 2.24) is 25.3 Å². The Hall–Kier alpha value is -3.26. The molecule has 0 aromatic heterocycles. The molecule has 7 N–H and O–H groups in total. The Balaban J connectivity index is 0.000000568. The third kappa shape index (κ3) is 35.0. The second-order valence-corrected chi connectivity index (χ2v) is 22.1. The molecule has 3 fully saturated rings. The predicted molar refractivity (Wildman–Crippen MR) is 309 cm³/mol. The van der Waals surface area contributed by atoms with E-state index in [4.69, 9.17) is 11.5 Å². The Morgan fingerprint density at radius 3 is 0.933 bits per heavy atom. The van der Waals surface area contributed by atoms with Crippen molar-refractivity contribution >= 4 is 35.5 Å². The first-order valence-electron chi connectivity index (χ1n) is 31.6. The van der Waals surface area contributed by atoms with E-state index in [0.29, 0.717) is 58.4 Å². The average Bonchev–Trinajstić information content (AvgIpc) is 3.43. The molecule has 3 heterocycles. The van der Waals surface area contributed by atoms with Gasteiger partial charge in [0, 0.05) is 52.0 Å². The van der Waals surface area contributed by atoms with E-state index in [1.165, 1.54) is 116 Å². The fraction of sp³-hybridized carbons (Fsp3) is 0.902. The maximum atomic E-state index is 12.6. The smallest absolute Gasteiger partial charge is 0.326 e. The molecular weight excluding hydrogens is 943 g/mol. The monoisotopic (exact) mass is 1060 g/mol. The van der Waals surface area contributed by atoms with Crippen molar-refractivity contribution in [2.24, 2.45) is 11.5 Å². The van der Waals surface area contributed by atoms with Crippen LogP contribution < -0.4 is 22.1 Å². The van der Waals surface area contributed by atoms with Gasteiger partial charge in [-0.1, -0.05) is 168 Å². The Morgan fingerprint density at radius 2 is 0.640 bits per heavy atom. The second kappa shape index (κ2) is 49.1. The molecule has 0 spiro atoms. The number of hydrogen-bond donors (Lipinski definition) is 5. The molecule has 3 saturated heterocycles. The van der Waals surface area contributed by atoms with Crippen molar-refractivity contribution in [1.29, 1.82) is 0 Å². The zero-order valence-electron chi connectivity index (χ0n) is 48.8. The van der Waals surface area contributed by atoms with E-state index in [1.54, 1.807) is 4.90 Å². The van der Waals surface area contributed by atoms with Crippen molar-refractivity contribution in [3.63, 3.8) is 0 Å². The third-order valence-corrected chi connectivity index (χ3v) is 15.5. The van der Waals surface area contributed by atoms with Gasteiger partial charge in [-0.05, 0) is 116 Å². The molecule has 5 amide bonds. The zero-order chi connectivity index (χ0) is 55.0. The molecule has 3 rings (SSSR count). The van der Waals surface area contributed by atoms with Crippen molar-refractivity contribution in [3.05, 3.63) is 0 Å². The van der Waals surface area contributed by atoms with E-state index in [-0.39, 0.29) is 41.6 Å². The summed E-state index contributed by atoms with van der Waals surface area (Å²) in [6, 6.07) is -1.09. The van der Waals surface area contributed by atoms with E-state index < -0.39 is 12.0 Å². The summed E-state index contributed by atoms with van der Waals surface area (Å²) >= 11 is 0. The van der Waals surface area contributed by atoms with Gasteiger partial charge in [0.1, 0.15) is 18.1 Å². The molecule has 14 heteroatoms. The summed E-state index contributed by atoms with van der Waals surface area (Å²) in [7, 11) is 0. The highest BCUT2D eigenvalue weighted by Crippen LogP contribution is 2.23. The highest BCUT2D eigenvalue weighted by Gasteiger charge is 2.33. The molecule has 0 bridgehead atoms. The first-order chi connectivity index (χ1) is 36.6.